The van der Waals surface area contributed by atoms with Crippen molar-refractivity contribution >= 4 is 11.8 Å². The van der Waals surface area contributed by atoms with Crippen LogP contribution in [0.3, 0.4) is 0 Å². The molecule has 1 atom stereocenters. The highest BCUT2D eigenvalue weighted by molar-refractivity contribution is 5.97. The zero-order valence-electron chi connectivity index (χ0n) is 18.3. The molecule has 0 aliphatic rings. The van der Waals surface area contributed by atoms with Crippen molar-refractivity contribution in [3.05, 3.63) is 101 Å². The van der Waals surface area contributed by atoms with E-state index in [0.717, 1.165) is 24.8 Å². The zero-order chi connectivity index (χ0) is 22.2. The number of amides is 2. The lowest BCUT2D eigenvalue weighted by Crippen LogP contribution is -2.30. The summed E-state index contributed by atoms with van der Waals surface area (Å²) >= 11 is 0. The molecule has 3 aromatic rings. The summed E-state index contributed by atoms with van der Waals surface area (Å²) in [4.78, 5) is 31.0. The van der Waals surface area contributed by atoms with Crippen LogP contribution >= 0.6 is 0 Å². The minimum Gasteiger partial charge on any atom is -0.345 e. The van der Waals surface area contributed by atoms with E-state index < -0.39 is 0 Å². The van der Waals surface area contributed by atoms with Crippen molar-refractivity contribution in [2.24, 2.45) is 0 Å². The Kier molecular flexibility index (Phi) is 7.55. The van der Waals surface area contributed by atoms with Crippen LogP contribution in [-0.2, 0) is 6.42 Å². The van der Waals surface area contributed by atoms with Gasteiger partial charge >= 0.3 is 0 Å². The SMILES string of the molecule is Cc1nc(C(=O)N(C)C)ccc1C(=O)NC(CCCc1ccccc1)c1ccccc1. The van der Waals surface area contributed by atoms with Gasteiger partial charge < -0.3 is 10.2 Å². The lowest BCUT2D eigenvalue weighted by atomic mass is 9.98. The van der Waals surface area contributed by atoms with Crippen LogP contribution < -0.4 is 5.32 Å². The molecule has 2 aromatic carbocycles. The summed E-state index contributed by atoms with van der Waals surface area (Å²) in [5, 5.41) is 3.17. The fourth-order valence-electron chi connectivity index (χ4n) is 3.55. The third-order valence-electron chi connectivity index (χ3n) is 5.26. The monoisotopic (exact) mass is 415 g/mol. The predicted molar refractivity (Wildman–Crippen MR) is 123 cm³/mol. The van der Waals surface area contributed by atoms with Gasteiger partial charge in [0, 0.05) is 14.1 Å². The van der Waals surface area contributed by atoms with Crippen LogP contribution in [0.25, 0.3) is 0 Å². The molecule has 1 aromatic heterocycles. The van der Waals surface area contributed by atoms with Gasteiger partial charge in [-0.05, 0) is 49.4 Å². The first-order chi connectivity index (χ1) is 15.0. The number of hydrogen-bond donors (Lipinski definition) is 1. The maximum atomic E-state index is 13.1. The van der Waals surface area contributed by atoms with Gasteiger partial charge in [0.25, 0.3) is 11.8 Å². The zero-order valence-corrected chi connectivity index (χ0v) is 18.3. The second kappa shape index (κ2) is 10.5. The summed E-state index contributed by atoms with van der Waals surface area (Å²) in [6.07, 6.45) is 2.74. The number of pyridine rings is 1. The van der Waals surface area contributed by atoms with Crippen LogP contribution in [0, 0.1) is 6.92 Å². The van der Waals surface area contributed by atoms with Gasteiger partial charge in [-0.2, -0.15) is 0 Å². The van der Waals surface area contributed by atoms with Gasteiger partial charge in [-0.1, -0.05) is 60.7 Å². The van der Waals surface area contributed by atoms with Gasteiger partial charge in [0.1, 0.15) is 5.69 Å². The predicted octanol–water partition coefficient (Wildman–Crippen LogP) is 4.59. The molecule has 31 heavy (non-hydrogen) atoms. The summed E-state index contributed by atoms with van der Waals surface area (Å²) in [5.41, 5.74) is 3.73. The van der Waals surface area contributed by atoms with E-state index in [4.69, 9.17) is 0 Å². The second-order valence-electron chi connectivity index (χ2n) is 7.84. The van der Waals surface area contributed by atoms with Crippen molar-refractivity contribution in [1.82, 2.24) is 15.2 Å². The number of carbonyl (C=O) groups excluding carboxylic acids is 2. The summed E-state index contributed by atoms with van der Waals surface area (Å²) in [5.74, 6) is -0.361. The number of nitrogens with one attached hydrogen (secondary N) is 1. The molecule has 160 valence electrons. The topological polar surface area (TPSA) is 62.3 Å². The van der Waals surface area contributed by atoms with Crippen molar-refractivity contribution in [3.63, 3.8) is 0 Å². The van der Waals surface area contributed by atoms with E-state index in [1.807, 2.05) is 48.5 Å². The molecule has 0 saturated heterocycles. The van der Waals surface area contributed by atoms with Crippen LogP contribution in [0.4, 0.5) is 0 Å². The van der Waals surface area contributed by atoms with Gasteiger partial charge in [-0.25, -0.2) is 4.98 Å². The molecule has 1 unspecified atom stereocenters. The first kappa shape index (κ1) is 22.2. The number of rotatable bonds is 8. The second-order valence-corrected chi connectivity index (χ2v) is 7.84. The van der Waals surface area contributed by atoms with Crippen LogP contribution in [0.15, 0.2) is 72.8 Å². The fourth-order valence-corrected chi connectivity index (χ4v) is 3.55. The largest absolute Gasteiger partial charge is 0.345 e. The number of hydrogen-bond acceptors (Lipinski definition) is 3. The Morgan fingerprint density at radius 1 is 0.935 bits per heavy atom. The average molecular weight is 416 g/mol. The molecule has 1 N–H and O–H groups in total. The first-order valence-electron chi connectivity index (χ1n) is 10.5. The molecule has 0 aliphatic carbocycles. The van der Waals surface area contributed by atoms with Gasteiger partial charge in [0.2, 0.25) is 0 Å². The molecule has 3 rings (SSSR count). The normalized spacial score (nSPS) is 11.6. The fraction of sp³-hybridized carbons (Fsp3) is 0.269. The van der Waals surface area contributed by atoms with E-state index in [9.17, 15) is 9.59 Å². The number of benzene rings is 2. The average Bonchev–Trinajstić information content (AvgIpc) is 2.79. The van der Waals surface area contributed by atoms with Crippen molar-refractivity contribution in [3.8, 4) is 0 Å². The lowest BCUT2D eigenvalue weighted by molar-refractivity contribution is 0.0820. The molecular weight excluding hydrogens is 386 g/mol. The minimum absolute atomic E-state index is 0.0973. The van der Waals surface area contributed by atoms with E-state index in [-0.39, 0.29) is 17.9 Å². The van der Waals surface area contributed by atoms with Crippen molar-refractivity contribution in [2.45, 2.75) is 32.2 Å². The van der Waals surface area contributed by atoms with Gasteiger partial charge in [0.05, 0.1) is 17.3 Å². The highest BCUT2D eigenvalue weighted by atomic mass is 16.2. The Balaban J connectivity index is 1.73. The molecule has 2 amide bonds. The third-order valence-corrected chi connectivity index (χ3v) is 5.26. The van der Waals surface area contributed by atoms with Gasteiger partial charge in [-0.3, -0.25) is 9.59 Å². The molecular formula is C26H29N3O2. The van der Waals surface area contributed by atoms with Gasteiger partial charge in [0.15, 0.2) is 0 Å². The Hall–Kier alpha value is -3.47. The molecule has 5 heteroatoms. The van der Waals surface area contributed by atoms with Crippen LogP contribution in [0.2, 0.25) is 0 Å². The van der Waals surface area contributed by atoms with Crippen LogP contribution in [-0.4, -0.2) is 35.8 Å². The molecule has 5 nitrogen and oxygen atoms in total. The molecule has 0 saturated carbocycles. The summed E-state index contributed by atoms with van der Waals surface area (Å²) in [7, 11) is 3.36. The molecule has 0 spiro atoms. The highest BCUT2D eigenvalue weighted by Gasteiger charge is 2.19. The lowest BCUT2D eigenvalue weighted by Gasteiger charge is -2.20. The molecule has 0 fully saturated rings. The number of nitrogens with zero attached hydrogens (tertiary/aromatic N) is 2. The maximum absolute atomic E-state index is 13.1. The van der Waals surface area contributed by atoms with Crippen molar-refractivity contribution in [2.75, 3.05) is 14.1 Å². The smallest absolute Gasteiger partial charge is 0.271 e. The molecule has 0 bridgehead atoms. The maximum Gasteiger partial charge on any atom is 0.271 e. The summed E-state index contributed by atoms with van der Waals surface area (Å²) in [6, 6.07) is 23.6. The Bertz CT molecular complexity index is 1020. The number of carbonyl (C=O) groups is 2. The summed E-state index contributed by atoms with van der Waals surface area (Å²) < 4.78 is 0. The van der Waals surface area contributed by atoms with E-state index in [2.05, 4.69) is 22.4 Å². The number of aryl methyl sites for hydroxylation is 2. The van der Waals surface area contributed by atoms with Crippen LogP contribution in [0.1, 0.15) is 56.6 Å². The van der Waals surface area contributed by atoms with E-state index in [1.54, 1.807) is 33.2 Å². The molecule has 0 radical (unpaired) electrons. The van der Waals surface area contributed by atoms with E-state index >= 15 is 0 Å². The Labute approximate surface area is 184 Å². The Morgan fingerprint density at radius 2 is 1.58 bits per heavy atom. The molecule has 1 heterocycles. The van der Waals surface area contributed by atoms with Crippen LogP contribution in [0.5, 0.6) is 0 Å². The van der Waals surface area contributed by atoms with Crippen molar-refractivity contribution < 1.29 is 9.59 Å². The number of aromatic nitrogens is 1. The molecule has 0 aliphatic heterocycles. The first-order valence-corrected chi connectivity index (χ1v) is 10.5. The Morgan fingerprint density at radius 3 is 2.19 bits per heavy atom. The minimum atomic E-state index is -0.182. The quantitative estimate of drug-likeness (QED) is 0.585. The highest BCUT2D eigenvalue weighted by Crippen LogP contribution is 2.21. The van der Waals surface area contributed by atoms with E-state index in [1.165, 1.54) is 10.5 Å². The standard InChI is InChI=1S/C26H29N3O2/c1-19-22(17-18-24(27-19)26(31)29(2)3)25(30)28-23(21-14-8-5-9-15-21)16-10-13-20-11-6-4-7-12-20/h4-9,11-12,14-15,17-18,23H,10,13,16H2,1-3H3,(H,28,30). The van der Waals surface area contributed by atoms with Crippen molar-refractivity contribution in [1.29, 1.82) is 0 Å². The third kappa shape index (κ3) is 6.01. The van der Waals surface area contributed by atoms with Gasteiger partial charge in [-0.15, -0.1) is 0 Å². The summed E-state index contributed by atoms with van der Waals surface area (Å²) in [6.45, 7) is 1.76. The van der Waals surface area contributed by atoms with E-state index in [0.29, 0.717) is 17.0 Å².